The van der Waals surface area contributed by atoms with Crippen LogP contribution in [0.4, 0.5) is 26.3 Å². The molecule has 2 rings (SSSR count). The second-order valence-corrected chi connectivity index (χ2v) is 7.72. The molecule has 0 atom stereocenters. The Kier molecular flexibility index (Phi) is 13.9. The molecule has 0 saturated heterocycles. The molecule has 0 spiro atoms. The quantitative estimate of drug-likeness (QED) is 0.119. The van der Waals surface area contributed by atoms with Gasteiger partial charge in [0.1, 0.15) is 0 Å². The number of benzene rings is 2. The van der Waals surface area contributed by atoms with Crippen LogP contribution in [0, 0.1) is 24.7 Å². The third kappa shape index (κ3) is 11.9. The van der Waals surface area contributed by atoms with Gasteiger partial charge in [-0.15, -0.1) is 21.6 Å². The van der Waals surface area contributed by atoms with Gasteiger partial charge in [0.25, 0.3) is 0 Å². The van der Waals surface area contributed by atoms with Crippen molar-refractivity contribution in [1.29, 1.82) is 0 Å². The van der Waals surface area contributed by atoms with Crippen molar-refractivity contribution in [2.45, 2.75) is 45.2 Å². The van der Waals surface area contributed by atoms with Crippen molar-refractivity contribution in [3.63, 3.8) is 0 Å². The van der Waals surface area contributed by atoms with Crippen LogP contribution in [-0.2, 0) is 23.7 Å². The number of hydrogen-bond acceptors (Lipinski definition) is 7. The molecular weight excluding hydrogens is 562 g/mol. The maximum absolute atomic E-state index is 12.8. The smallest absolute Gasteiger partial charge is 0.424 e. The molecule has 2 aromatic carbocycles. The Bertz CT molecular complexity index is 1130. The summed E-state index contributed by atoms with van der Waals surface area (Å²) in [7, 11) is 0. The zero-order valence-electron chi connectivity index (χ0n) is 21.9. The molecule has 0 radical (unpaired) electrons. The fourth-order valence-electron chi connectivity index (χ4n) is 2.48. The summed E-state index contributed by atoms with van der Waals surface area (Å²) in [6, 6.07) is 12.6. The molecule has 0 heterocycles. The lowest BCUT2D eigenvalue weighted by atomic mass is 10.1. The van der Waals surface area contributed by atoms with Gasteiger partial charge in [-0.3, -0.25) is 4.74 Å². The third-order valence-electron chi connectivity index (χ3n) is 4.50. The molecule has 0 N–H and O–H groups in total. The number of alkyl halides is 6. The lowest BCUT2D eigenvalue weighted by Crippen LogP contribution is -2.49. The fraction of sp³-hybridized carbons (Fsp3) is 0.357. The highest BCUT2D eigenvalue weighted by Gasteiger charge is 2.64. The number of hydrogen-bond donors (Lipinski definition) is 0. The molecule has 0 fully saturated rings. The Hall–Kier alpha value is -4.04. The summed E-state index contributed by atoms with van der Waals surface area (Å²) in [5.74, 6) is 3.67. The highest BCUT2D eigenvalue weighted by atomic mass is 19.3. The summed E-state index contributed by atoms with van der Waals surface area (Å²) >= 11 is 0. The van der Waals surface area contributed by atoms with Crippen LogP contribution in [0.2, 0.25) is 0 Å². The molecule has 0 aliphatic rings. The first-order valence-corrected chi connectivity index (χ1v) is 11.8. The van der Waals surface area contributed by atoms with Crippen molar-refractivity contribution >= 4 is 11.9 Å². The van der Waals surface area contributed by atoms with Gasteiger partial charge < -0.3 is 14.2 Å². The molecule has 2 aromatic rings. The van der Waals surface area contributed by atoms with Gasteiger partial charge in [0, 0.05) is 11.1 Å². The molecule has 0 saturated carbocycles. The number of carbonyl (C=O) groups excluding carboxylic acids is 2. The van der Waals surface area contributed by atoms with E-state index in [1.165, 1.54) is 38.1 Å². The second-order valence-electron chi connectivity index (χ2n) is 7.72. The van der Waals surface area contributed by atoms with Crippen molar-refractivity contribution in [3.8, 4) is 24.7 Å². The van der Waals surface area contributed by atoms with E-state index in [0.29, 0.717) is 22.3 Å². The summed E-state index contributed by atoms with van der Waals surface area (Å²) in [4.78, 5) is 23.5. The maximum Gasteiger partial charge on any atom is 0.490 e. The Morgan fingerprint density at radius 1 is 0.683 bits per heavy atom. The van der Waals surface area contributed by atoms with Crippen LogP contribution in [0.3, 0.4) is 0 Å². The summed E-state index contributed by atoms with van der Waals surface area (Å²) in [6.45, 7) is 0.977. The zero-order valence-corrected chi connectivity index (χ0v) is 21.9. The average molecular weight is 588 g/mol. The van der Waals surface area contributed by atoms with Crippen molar-refractivity contribution < 1.29 is 59.6 Å². The largest absolute Gasteiger partial charge is 0.490 e. The van der Waals surface area contributed by atoms with Gasteiger partial charge >= 0.3 is 30.5 Å². The van der Waals surface area contributed by atoms with E-state index in [9.17, 15) is 35.9 Å². The predicted molar refractivity (Wildman–Crippen MR) is 133 cm³/mol. The van der Waals surface area contributed by atoms with Gasteiger partial charge in [0.2, 0.25) is 6.79 Å². The lowest BCUT2D eigenvalue weighted by Gasteiger charge is -2.28. The minimum Gasteiger partial charge on any atom is -0.424 e. The van der Waals surface area contributed by atoms with Crippen molar-refractivity contribution in [1.82, 2.24) is 0 Å². The fourth-order valence-corrected chi connectivity index (χ4v) is 2.48. The molecule has 0 aliphatic carbocycles. The first-order valence-electron chi connectivity index (χ1n) is 11.8. The van der Waals surface area contributed by atoms with Gasteiger partial charge in [-0.05, 0) is 61.4 Å². The van der Waals surface area contributed by atoms with Gasteiger partial charge in [-0.1, -0.05) is 25.7 Å². The first-order chi connectivity index (χ1) is 19.2. The van der Waals surface area contributed by atoms with Crippen molar-refractivity contribution in [2.24, 2.45) is 0 Å². The maximum atomic E-state index is 12.8. The molecular formula is C28H26F6O7. The molecule has 0 amide bonds. The van der Waals surface area contributed by atoms with E-state index < -0.39 is 50.5 Å². The van der Waals surface area contributed by atoms with Crippen LogP contribution in [0.1, 0.15) is 58.5 Å². The van der Waals surface area contributed by atoms with E-state index in [2.05, 4.69) is 26.1 Å². The normalized spacial score (nSPS) is 11.4. The van der Waals surface area contributed by atoms with Crippen LogP contribution < -0.4 is 0 Å². The monoisotopic (exact) mass is 588 g/mol. The second kappa shape index (κ2) is 16.3. The molecule has 0 aromatic heterocycles. The number of terminal acetylenes is 2. The minimum atomic E-state index is -5.50. The molecule has 0 unspecified atom stereocenters. The van der Waals surface area contributed by atoms with Crippen LogP contribution >= 0.6 is 0 Å². The molecule has 41 heavy (non-hydrogen) atoms. The lowest BCUT2D eigenvalue weighted by molar-refractivity contribution is -0.526. The predicted octanol–water partition coefficient (Wildman–Crippen LogP) is 6.21. The average Bonchev–Trinajstić information content (AvgIpc) is 2.94. The molecule has 7 nitrogen and oxygen atoms in total. The molecule has 0 aliphatic heterocycles. The van der Waals surface area contributed by atoms with E-state index in [-0.39, 0.29) is 12.8 Å². The summed E-state index contributed by atoms with van der Waals surface area (Å²) in [5, 5.41) is 0. The highest BCUT2D eigenvalue weighted by Crippen LogP contribution is 2.40. The van der Waals surface area contributed by atoms with Gasteiger partial charge in [0.15, 0.2) is 0 Å². The van der Waals surface area contributed by atoms with Crippen LogP contribution in [0.5, 0.6) is 0 Å². The van der Waals surface area contributed by atoms with E-state index >= 15 is 0 Å². The Labute approximate surface area is 232 Å². The van der Waals surface area contributed by atoms with Gasteiger partial charge in [-0.2, -0.15) is 17.6 Å². The van der Waals surface area contributed by atoms with Crippen LogP contribution in [-0.4, -0.2) is 50.5 Å². The summed E-state index contributed by atoms with van der Waals surface area (Å²) < 4.78 is 95.9. The molecule has 13 heteroatoms. The minimum absolute atomic E-state index is 0.00833. The van der Waals surface area contributed by atoms with E-state index in [1.54, 1.807) is 24.3 Å². The zero-order chi connectivity index (χ0) is 31.1. The number of esters is 2. The van der Waals surface area contributed by atoms with E-state index in [0.717, 1.165) is 0 Å². The summed E-state index contributed by atoms with van der Waals surface area (Å²) in [6.07, 6.45) is -4.94. The van der Waals surface area contributed by atoms with Gasteiger partial charge in [-0.25, -0.2) is 14.3 Å². The SMILES string of the molecule is C#Cc1ccc(C(=O)OCOC(=O)c2ccc(C#C)cc2)cc1.CCCOC(F)(F)OC(F)(F)C(F)(F)OCCC. The van der Waals surface area contributed by atoms with E-state index in [1.807, 2.05) is 0 Å². The number of halogens is 6. The topological polar surface area (TPSA) is 80.3 Å². The first kappa shape index (κ1) is 35.0. The highest BCUT2D eigenvalue weighted by molar-refractivity contribution is 5.90. The summed E-state index contributed by atoms with van der Waals surface area (Å²) in [5.41, 5.74) is 1.95. The molecule has 0 bridgehead atoms. The van der Waals surface area contributed by atoms with Crippen molar-refractivity contribution in [3.05, 3.63) is 70.8 Å². The number of rotatable bonds is 13. The molecule has 222 valence electrons. The number of carbonyl (C=O) groups is 2. The third-order valence-corrected chi connectivity index (χ3v) is 4.50. The van der Waals surface area contributed by atoms with E-state index in [4.69, 9.17) is 22.3 Å². The Morgan fingerprint density at radius 2 is 1.07 bits per heavy atom. The standard InChI is InChI=1S/C19H12O4.C9H14F6O3/c1-3-14-5-9-16(10-6-14)18(20)22-13-23-19(21)17-11-7-15(4-2)8-12-17;1-3-5-16-7(10,11)8(12,13)18-9(14,15)17-6-4-2/h1-2,5-12H,13H2;3-6H2,1-2H3. The van der Waals surface area contributed by atoms with Crippen molar-refractivity contribution in [2.75, 3.05) is 20.0 Å². The Balaban J connectivity index is 0.000000425. The van der Waals surface area contributed by atoms with Crippen LogP contribution in [0.15, 0.2) is 48.5 Å². The Morgan fingerprint density at radius 3 is 1.44 bits per heavy atom. The van der Waals surface area contributed by atoms with Crippen LogP contribution in [0.25, 0.3) is 0 Å². The van der Waals surface area contributed by atoms with Gasteiger partial charge in [0.05, 0.1) is 24.3 Å². The number of ether oxygens (including phenoxy) is 5.